The Kier molecular flexibility index (Phi) is 3.18. The molecule has 0 aliphatic rings. The van der Waals surface area contributed by atoms with Crippen molar-refractivity contribution in [1.29, 1.82) is 0 Å². The van der Waals surface area contributed by atoms with E-state index in [2.05, 4.69) is 9.97 Å². The number of nitrogens with zero attached hydrogens (tertiary/aromatic N) is 2. The minimum atomic E-state index is -0.172. The smallest absolute Gasteiger partial charge is 0.249 e. The van der Waals surface area contributed by atoms with Crippen molar-refractivity contribution in [3.63, 3.8) is 0 Å². The second-order valence-electron chi connectivity index (χ2n) is 6.02. The van der Waals surface area contributed by atoms with E-state index < -0.39 is 0 Å². The monoisotopic (exact) mass is 339 g/mol. The molecule has 5 aromatic rings. The van der Waals surface area contributed by atoms with Crippen LogP contribution in [0, 0.1) is 0 Å². The fourth-order valence-corrected chi connectivity index (χ4v) is 3.18. The van der Waals surface area contributed by atoms with Gasteiger partial charge < -0.3 is 9.40 Å². The van der Waals surface area contributed by atoms with Crippen LogP contribution in [0.1, 0.15) is 0 Å². The summed E-state index contributed by atoms with van der Waals surface area (Å²) in [5, 5.41) is 1.78. The predicted molar refractivity (Wildman–Crippen MR) is 101 cm³/mol. The van der Waals surface area contributed by atoms with Gasteiger partial charge in [0.05, 0.1) is 5.69 Å². The number of aromatic amines is 1. The van der Waals surface area contributed by atoms with Crippen LogP contribution in [0.25, 0.3) is 44.5 Å². The Morgan fingerprint density at radius 1 is 0.923 bits per heavy atom. The molecule has 1 aromatic carbocycles. The van der Waals surface area contributed by atoms with Crippen molar-refractivity contribution in [3.05, 3.63) is 83.5 Å². The van der Waals surface area contributed by atoms with E-state index in [1.54, 1.807) is 18.5 Å². The molecule has 0 saturated carbocycles. The summed E-state index contributed by atoms with van der Waals surface area (Å²) in [7, 11) is 0. The normalized spacial score (nSPS) is 11.2. The predicted octanol–water partition coefficient (Wildman–Crippen LogP) is 4.40. The van der Waals surface area contributed by atoms with Gasteiger partial charge in [0.2, 0.25) is 11.3 Å². The van der Waals surface area contributed by atoms with Crippen molar-refractivity contribution in [2.45, 2.75) is 0 Å². The highest BCUT2D eigenvalue weighted by atomic mass is 16.3. The molecule has 5 nitrogen and oxygen atoms in total. The molecule has 4 aromatic heterocycles. The minimum absolute atomic E-state index is 0.172. The Bertz CT molecular complexity index is 1300. The van der Waals surface area contributed by atoms with Gasteiger partial charge in [0, 0.05) is 39.7 Å². The maximum Gasteiger partial charge on any atom is 0.249 e. The fourth-order valence-electron chi connectivity index (χ4n) is 3.18. The zero-order valence-corrected chi connectivity index (χ0v) is 13.6. The average molecular weight is 339 g/mol. The van der Waals surface area contributed by atoms with Gasteiger partial charge in [0.15, 0.2) is 0 Å². The molecule has 0 atom stereocenters. The van der Waals surface area contributed by atoms with Crippen molar-refractivity contribution in [2.24, 2.45) is 0 Å². The quantitative estimate of drug-likeness (QED) is 0.517. The molecule has 5 rings (SSSR count). The average Bonchev–Trinajstić information content (AvgIpc) is 3.11. The van der Waals surface area contributed by atoms with Crippen LogP contribution in [0.5, 0.6) is 0 Å². The van der Waals surface area contributed by atoms with Crippen LogP contribution < -0.4 is 5.56 Å². The van der Waals surface area contributed by atoms with Crippen molar-refractivity contribution in [2.75, 3.05) is 0 Å². The van der Waals surface area contributed by atoms with Gasteiger partial charge in [-0.25, -0.2) is 9.97 Å². The molecule has 0 unspecified atom stereocenters. The second kappa shape index (κ2) is 5.67. The molecule has 0 radical (unpaired) electrons. The lowest BCUT2D eigenvalue weighted by atomic mass is 9.98. The molecular formula is C21H13N3O2. The maximum absolute atomic E-state index is 11.7. The van der Waals surface area contributed by atoms with Gasteiger partial charge in [-0.05, 0) is 24.3 Å². The van der Waals surface area contributed by atoms with Crippen LogP contribution in [-0.2, 0) is 0 Å². The summed E-state index contributed by atoms with van der Waals surface area (Å²) in [6.45, 7) is 0. The van der Waals surface area contributed by atoms with Crippen molar-refractivity contribution in [1.82, 2.24) is 15.0 Å². The Morgan fingerprint density at radius 3 is 2.69 bits per heavy atom. The number of hydrogen-bond donors (Lipinski definition) is 1. The molecule has 0 saturated heterocycles. The van der Waals surface area contributed by atoms with Gasteiger partial charge in [-0.2, -0.15) is 0 Å². The highest BCUT2D eigenvalue weighted by Gasteiger charge is 2.16. The molecular weight excluding hydrogens is 326 g/mol. The summed E-state index contributed by atoms with van der Waals surface area (Å²) in [5.74, 6) is 0. The molecule has 26 heavy (non-hydrogen) atoms. The molecule has 0 spiro atoms. The molecule has 0 amide bonds. The summed E-state index contributed by atoms with van der Waals surface area (Å²) in [6.07, 6.45) is 3.41. The van der Waals surface area contributed by atoms with Crippen LogP contribution in [0.15, 0.2) is 82.3 Å². The van der Waals surface area contributed by atoms with E-state index in [-0.39, 0.29) is 5.56 Å². The van der Waals surface area contributed by atoms with E-state index in [0.29, 0.717) is 11.4 Å². The van der Waals surface area contributed by atoms with Crippen LogP contribution in [0.3, 0.4) is 0 Å². The van der Waals surface area contributed by atoms with Crippen LogP contribution in [-0.4, -0.2) is 15.0 Å². The van der Waals surface area contributed by atoms with Gasteiger partial charge in [0.1, 0.15) is 11.9 Å². The third kappa shape index (κ3) is 2.29. The van der Waals surface area contributed by atoms with E-state index in [4.69, 9.17) is 9.40 Å². The number of nitrogens with one attached hydrogen (secondary N) is 1. The molecule has 4 heterocycles. The number of aromatic nitrogens is 3. The Balaban J connectivity index is 1.88. The molecule has 0 aliphatic carbocycles. The van der Waals surface area contributed by atoms with Crippen LogP contribution >= 0.6 is 0 Å². The number of rotatable bonds is 2. The molecule has 0 bridgehead atoms. The van der Waals surface area contributed by atoms with E-state index in [1.165, 1.54) is 6.07 Å². The first-order valence-electron chi connectivity index (χ1n) is 8.22. The lowest BCUT2D eigenvalue weighted by Crippen LogP contribution is -2.04. The number of benzene rings is 1. The van der Waals surface area contributed by atoms with Gasteiger partial charge in [-0.1, -0.05) is 30.3 Å². The Hall–Kier alpha value is -3.73. The van der Waals surface area contributed by atoms with Gasteiger partial charge >= 0.3 is 0 Å². The first-order chi connectivity index (χ1) is 12.8. The highest BCUT2D eigenvalue weighted by molar-refractivity contribution is 5.99. The third-order valence-corrected chi connectivity index (χ3v) is 4.40. The van der Waals surface area contributed by atoms with Crippen LogP contribution in [0.4, 0.5) is 0 Å². The van der Waals surface area contributed by atoms with E-state index in [0.717, 1.165) is 33.2 Å². The Morgan fingerprint density at radius 2 is 1.81 bits per heavy atom. The zero-order valence-electron chi connectivity index (χ0n) is 13.6. The topological polar surface area (TPSA) is 71.8 Å². The summed E-state index contributed by atoms with van der Waals surface area (Å²) < 4.78 is 5.63. The fraction of sp³-hybridized carbons (Fsp3) is 0. The number of fused-ring (bicyclic) bond motifs is 2. The molecule has 1 N–H and O–H groups in total. The first kappa shape index (κ1) is 14.6. The Labute approximate surface area is 148 Å². The van der Waals surface area contributed by atoms with Crippen molar-refractivity contribution >= 4 is 22.1 Å². The molecule has 124 valence electrons. The lowest BCUT2D eigenvalue weighted by molar-refractivity contribution is 0.604. The lowest BCUT2D eigenvalue weighted by Gasteiger charge is -2.10. The second-order valence-corrected chi connectivity index (χ2v) is 6.02. The highest BCUT2D eigenvalue weighted by Crippen LogP contribution is 2.37. The summed E-state index contributed by atoms with van der Waals surface area (Å²) in [4.78, 5) is 23.5. The van der Waals surface area contributed by atoms with Crippen molar-refractivity contribution < 1.29 is 4.42 Å². The summed E-state index contributed by atoms with van der Waals surface area (Å²) >= 11 is 0. The summed E-state index contributed by atoms with van der Waals surface area (Å²) in [6, 6.07) is 19.1. The summed E-state index contributed by atoms with van der Waals surface area (Å²) in [5.41, 5.74) is 4.58. The molecule has 0 aliphatic heterocycles. The molecule has 5 heteroatoms. The standard InChI is InChI=1S/C21H13N3O2/c25-18-9-8-14-11-16(17-12-26-21-15(17)7-4-10-22-21)19(24-20(14)23-18)13-5-2-1-3-6-13/h1-12H,(H,23,24,25). The van der Waals surface area contributed by atoms with E-state index in [1.807, 2.05) is 48.5 Å². The zero-order chi connectivity index (χ0) is 17.5. The SMILES string of the molecule is O=c1ccc2cc(-c3coc4ncccc34)c(-c3ccccc3)nc2[nH]1. The van der Waals surface area contributed by atoms with E-state index >= 15 is 0 Å². The largest absolute Gasteiger partial charge is 0.445 e. The maximum atomic E-state index is 11.7. The first-order valence-corrected chi connectivity index (χ1v) is 8.22. The minimum Gasteiger partial charge on any atom is -0.445 e. The number of furan rings is 1. The molecule has 0 fully saturated rings. The van der Waals surface area contributed by atoms with Gasteiger partial charge in [0.25, 0.3) is 0 Å². The van der Waals surface area contributed by atoms with Gasteiger partial charge in [-0.15, -0.1) is 0 Å². The van der Waals surface area contributed by atoms with Crippen LogP contribution in [0.2, 0.25) is 0 Å². The third-order valence-electron chi connectivity index (χ3n) is 4.40. The van der Waals surface area contributed by atoms with Crippen molar-refractivity contribution in [3.8, 4) is 22.4 Å². The van der Waals surface area contributed by atoms with Gasteiger partial charge in [-0.3, -0.25) is 4.79 Å². The number of hydrogen-bond acceptors (Lipinski definition) is 4. The number of H-pyrrole nitrogens is 1. The van der Waals surface area contributed by atoms with E-state index in [9.17, 15) is 4.79 Å². The number of pyridine rings is 3.